The van der Waals surface area contributed by atoms with Gasteiger partial charge < -0.3 is 10.1 Å². The highest BCUT2D eigenvalue weighted by atomic mass is 35.5. The van der Waals surface area contributed by atoms with E-state index in [1.165, 1.54) is 6.08 Å². The summed E-state index contributed by atoms with van der Waals surface area (Å²) in [5.74, 6) is -0.228. The van der Waals surface area contributed by atoms with Crippen LogP contribution in [-0.2, 0) is 23.2 Å². The van der Waals surface area contributed by atoms with E-state index in [1.807, 2.05) is 38.1 Å². The van der Waals surface area contributed by atoms with Gasteiger partial charge in [-0.1, -0.05) is 29.8 Å². The Morgan fingerprint density at radius 3 is 2.83 bits per heavy atom. The predicted octanol–water partition coefficient (Wildman–Crippen LogP) is 3.57. The van der Waals surface area contributed by atoms with Crippen molar-refractivity contribution >= 4 is 29.3 Å². The highest BCUT2D eigenvalue weighted by Gasteiger charge is 2.09. The largest absolute Gasteiger partial charge is 0.377 e. The molecule has 0 saturated heterocycles. The molecule has 0 radical (unpaired) electrons. The van der Waals surface area contributed by atoms with Gasteiger partial charge in [0.15, 0.2) is 0 Å². The highest BCUT2D eigenvalue weighted by Crippen LogP contribution is 2.20. The molecule has 1 amide bonds. The first-order chi connectivity index (χ1) is 11.0. The SMILES string of the molecule is CCOCc1ccccc1NC(=O)/C=C/c1c(C)nn(C)c1Cl. The maximum atomic E-state index is 12.1. The summed E-state index contributed by atoms with van der Waals surface area (Å²) in [4.78, 5) is 12.1. The van der Waals surface area contributed by atoms with Crippen LogP contribution in [0.25, 0.3) is 6.08 Å². The van der Waals surface area contributed by atoms with Crippen LogP contribution < -0.4 is 5.32 Å². The lowest BCUT2D eigenvalue weighted by Crippen LogP contribution is -2.10. The number of nitrogens with one attached hydrogen (secondary N) is 1. The van der Waals surface area contributed by atoms with Crippen molar-refractivity contribution in [2.75, 3.05) is 11.9 Å². The molecule has 0 spiro atoms. The molecule has 1 heterocycles. The number of benzene rings is 1. The topological polar surface area (TPSA) is 56.1 Å². The van der Waals surface area contributed by atoms with Gasteiger partial charge in [-0.15, -0.1) is 0 Å². The Bertz CT molecular complexity index is 723. The van der Waals surface area contributed by atoms with Gasteiger partial charge in [-0.3, -0.25) is 9.48 Å². The minimum absolute atomic E-state index is 0.228. The van der Waals surface area contributed by atoms with Gasteiger partial charge in [-0.2, -0.15) is 5.10 Å². The summed E-state index contributed by atoms with van der Waals surface area (Å²) in [7, 11) is 1.76. The molecule has 5 nitrogen and oxygen atoms in total. The van der Waals surface area contributed by atoms with Gasteiger partial charge >= 0.3 is 0 Å². The summed E-state index contributed by atoms with van der Waals surface area (Å²) in [6.45, 7) is 4.87. The van der Waals surface area contributed by atoms with Gasteiger partial charge in [-0.05, 0) is 26.0 Å². The van der Waals surface area contributed by atoms with Crippen LogP contribution in [0.3, 0.4) is 0 Å². The summed E-state index contributed by atoms with van der Waals surface area (Å²) in [6.07, 6.45) is 3.12. The van der Waals surface area contributed by atoms with Crippen molar-refractivity contribution in [3.8, 4) is 0 Å². The molecule has 1 N–H and O–H groups in total. The van der Waals surface area contributed by atoms with E-state index in [9.17, 15) is 4.79 Å². The highest BCUT2D eigenvalue weighted by molar-refractivity contribution is 6.31. The van der Waals surface area contributed by atoms with E-state index >= 15 is 0 Å². The molecule has 122 valence electrons. The second kappa shape index (κ2) is 7.94. The lowest BCUT2D eigenvalue weighted by molar-refractivity contribution is -0.111. The van der Waals surface area contributed by atoms with Crippen molar-refractivity contribution in [3.05, 3.63) is 52.3 Å². The van der Waals surface area contributed by atoms with E-state index < -0.39 is 0 Å². The lowest BCUT2D eigenvalue weighted by atomic mass is 10.2. The van der Waals surface area contributed by atoms with Gasteiger partial charge in [0.05, 0.1) is 12.3 Å². The van der Waals surface area contributed by atoms with Gasteiger partial charge in [0.25, 0.3) is 0 Å². The molecule has 0 aliphatic rings. The average Bonchev–Trinajstić information content (AvgIpc) is 2.77. The summed E-state index contributed by atoms with van der Waals surface area (Å²) < 4.78 is 6.98. The third-order valence-corrected chi connectivity index (χ3v) is 3.78. The molecule has 1 aromatic heterocycles. The molecular weight excluding hydrogens is 314 g/mol. The number of amides is 1. The van der Waals surface area contributed by atoms with Crippen LogP contribution in [-0.4, -0.2) is 22.3 Å². The summed E-state index contributed by atoms with van der Waals surface area (Å²) in [5.41, 5.74) is 3.20. The number of nitrogens with zero attached hydrogens (tertiary/aromatic N) is 2. The molecule has 0 aliphatic carbocycles. The molecule has 0 atom stereocenters. The Labute approximate surface area is 140 Å². The summed E-state index contributed by atoms with van der Waals surface area (Å²) in [5, 5.41) is 7.57. The van der Waals surface area contributed by atoms with Gasteiger partial charge in [0.1, 0.15) is 5.15 Å². The Morgan fingerprint density at radius 1 is 1.43 bits per heavy atom. The van der Waals surface area contributed by atoms with Crippen LogP contribution in [0.1, 0.15) is 23.7 Å². The van der Waals surface area contributed by atoms with Crippen molar-refractivity contribution in [2.45, 2.75) is 20.5 Å². The first-order valence-corrected chi connectivity index (χ1v) is 7.74. The van der Waals surface area contributed by atoms with Crippen LogP contribution >= 0.6 is 11.6 Å². The maximum absolute atomic E-state index is 12.1. The Hall–Kier alpha value is -2.11. The minimum atomic E-state index is -0.228. The third kappa shape index (κ3) is 4.43. The van der Waals surface area contributed by atoms with Crippen LogP contribution in [0.15, 0.2) is 30.3 Å². The number of anilines is 1. The fraction of sp³-hybridized carbons (Fsp3) is 0.294. The van der Waals surface area contributed by atoms with Crippen LogP contribution in [0.2, 0.25) is 5.15 Å². The van der Waals surface area contributed by atoms with E-state index in [-0.39, 0.29) is 5.91 Å². The van der Waals surface area contributed by atoms with E-state index in [0.717, 1.165) is 22.5 Å². The normalized spacial score (nSPS) is 11.1. The first-order valence-electron chi connectivity index (χ1n) is 7.36. The Kier molecular flexibility index (Phi) is 5.96. The number of ether oxygens (including phenoxy) is 1. The summed E-state index contributed by atoms with van der Waals surface area (Å²) in [6, 6.07) is 7.56. The molecular formula is C17H20ClN3O2. The van der Waals surface area contributed by atoms with Crippen LogP contribution in [0, 0.1) is 6.92 Å². The van der Waals surface area contributed by atoms with Crippen LogP contribution in [0.4, 0.5) is 5.69 Å². The smallest absolute Gasteiger partial charge is 0.248 e. The number of carbonyl (C=O) groups excluding carboxylic acids is 1. The molecule has 0 unspecified atom stereocenters. The van der Waals surface area contributed by atoms with E-state index in [2.05, 4.69) is 10.4 Å². The molecule has 23 heavy (non-hydrogen) atoms. The monoisotopic (exact) mass is 333 g/mol. The zero-order chi connectivity index (χ0) is 16.8. The standard InChI is InChI=1S/C17H20ClN3O2/c1-4-23-11-13-7-5-6-8-15(13)19-16(22)10-9-14-12(2)20-21(3)17(14)18/h5-10H,4,11H2,1-3H3,(H,19,22)/b10-9+. The molecule has 2 aromatic rings. The summed E-state index contributed by atoms with van der Waals surface area (Å²) >= 11 is 6.14. The molecule has 0 bridgehead atoms. The van der Waals surface area contributed by atoms with Gasteiger partial charge in [0.2, 0.25) is 5.91 Å². The molecule has 6 heteroatoms. The maximum Gasteiger partial charge on any atom is 0.248 e. The van der Waals surface area contributed by atoms with Gasteiger partial charge in [-0.25, -0.2) is 0 Å². The molecule has 1 aromatic carbocycles. The minimum Gasteiger partial charge on any atom is -0.377 e. The Morgan fingerprint density at radius 2 is 2.17 bits per heavy atom. The third-order valence-electron chi connectivity index (χ3n) is 3.33. The fourth-order valence-corrected chi connectivity index (χ4v) is 2.39. The van der Waals surface area contributed by atoms with Gasteiger partial charge in [0, 0.05) is 36.5 Å². The van der Waals surface area contributed by atoms with E-state index in [4.69, 9.17) is 16.3 Å². The van der Waals surface area contributed by atoms with Crippen molar-refractivity contribution in [1.82, 2.24) is 9.78 Å². The van der Waals surface area contributed by atoms with E-state index in [1.54, 1.807) is 17.8 Å². The predicted molar refractivity (Wildman–Crippen MR) is 92.4 cm³/mol. The number of para-hydroxylation sites is 1. The fourth-order valence-electron chi connectivity index (χ4n) is 2.15. The molecule has 0 fully saturated rings. The Balaban J connectivity index is 2.09. The van der Waals surface area contributed by atoms with E-state index in [0.29, 0.717) is 18.4 Å². The number of hydrogen-bond donors (Lipinski definition) is 1. The quantitative estimate of drug-likeness (QED) is 0.822. The van der Waals surface area contributed by atoms with Crippen molar-refractivity contribution in [2.24, 2.45) is 7.05 Å². The lowest BCUT2D eigenvalue weighted by Gasteiger charge is -2.09. The number of aryl methyl sites for hydroxylation is 2. The first kappa shape index (κ1) is 17.2. The molecule has 0 saturated carbocycles. The van der Waals surface area contributed by atoms with Crippen molar-refractivity contribution < 1.29 is 9.53 Å². The number of carbonyl (C=O) groups is 1. The zero-order valence-corrected chi connectivity index (χ0v) is 14.2. The second-order valence-corrected chi connectivity index (χ2v) is 5.39. The number of rotatable bonds is 6. The molecule has 2 rings (SSSR count). The van der Waals surface area contributed by atoms with Crippen LogP contribution in [0.5, 0.6) is 0 Å². The number of aromatic nitrogens is 2. The zero-order valence-electron chi connectivity index (χ0n) is 13.5. The van der Waals surface area contributed by atoms with Crippen molar-refractivity contribution in [3.63, 3.8) is 0 Å². The number of hydrogen-bond acceptors (Lipinski definition) is 3. The number of halogens is 1. The molecule has 0 aliphatic heterocycles. The van der Waals surface area contributed by atoms with Crippen molar-refractivity contribution in [1.29, 1.82) is 0 Å². The average molecular weight is 334 g/mol. The second-order valence-electron chi connectivity index (χ2n) is 5.03.